The van der Waals surface area contributed by atoms with Gasteiger partial charge in [-0.05, 0) is 67.9 Å². The third kappa shape index (κ3) is 4.56. The molecule has 2 heterocycles. The quantitative estimate of drug-likeness (QED) is 0.689. The first-order valence-electron chi connectivity index (χ1n) is 10.4. The van der Waals surface area contributed by atoms with E-state index in [1.807, 2.05) is 13.8 Å². The van der Waals surface area contributed by atoms with E-state index in [0.29, 0.717) is 13.0 Å². The smallest absolute Gasteiger partial charge is 0.273 e. The Morgan fingerprint density at radius 1 is 1.23 bits per heavy atom. The molecule has 1 aromatic carbocycles. The Balaban J connectivity index is 1.57. The summed E-state index contributed by atoms with van der Waals surface area (Å²) < 4.78 is 28.6. The molecule has 8 heteroatoms. The fourth-order valence-electron chi connectivity index (χ4n) is 4.22. The molecule has 0 bridgehead atoms. The van der Waals surface area contributed by atoms with E-state index in [1.165, 1.54) is 4.90 Å². The van der Waals surface area contributed by atoms with E-state index >= 15 is 0 Å². The average Bonchev–Trinajstić information content (AvgIpc) is 3.49. The normalized spacial score (nSPS) is 21.8. The minimum atomic E-state index is -0.727. The van der Waals surface area contributed by atoms with E-state index in [2.05, 4.69) is 10.3 Å². The molecule has 31 heavy (non-hydrogen) atoms. The van der Waals surface area contributed by atoms with Gasteiger partial charge in [-0.15, -0.1) is 0 Å². The van der Waals surface area contributed by atoms with Crippen molar-refractivity contribution in [2.24, 2.45) is 11.8 Å². The lowest BCUT2D eigenvalue weighted by molar-refractivity contribution is -0.125. The first-order valence-corrected chi connectivity index (χ1v) is 10.8. The maximum Gasteiger partial charge on any atom is 0.273 e. The zero-order valence-electron chi connectivity index (χ0n) is 17.4. The van der Waals surface area contributed by atoms with Crippen molar-refractivity contribution in [2.75, 3.05) is 6.54 Å². The maximum atomic E-state index is 14.5. The Morgan fingerprint density at radius 3 is 2.65 bits per heavy atom. The van der Waals surface area contributed by atoms with Crippen molar-refractivity contribution < 1.29 is 18.4 Å². The monoisotopic (exact) mass is 447 g/mol. The van der Waals surface area contributed by atoms with Gasteiger partial charge in [0.1, 0.15) is 23.4 Å². The molecule has 3 atom stereocenters. The number of nitrogens with zero attached hydrogens (tertiary/aromatic N) is 2. The predicted molar refractivity (Wildman–Crippen MR) is 113 cm³/mol. The molecule has 164 valence electrons. The molecular weight excluding hydrogens is 424 g/mol. The van der Waals surface area contributed by atoms with E-state index in [1.54, 1.807) is 18.3 Å². The van der Waals surface area contributed by atoms with Crippen molar-refractivity contribution in [3.8, 4) is 0 Å². The van der Waals surface area contributed by atoms with Gasteiger partial charge >= 0.3 is 0 Å². The number of halogens is 3. The summed E-state index contributed by atoms with van der Waals surface area (Å²) in [5.41, 5.74) is 1.28. The third-order valence-corrected chi connectivity index (χ3v) is 6.26. The molecule has 1 aromatic heterocycles. The van der Waals surface area contributed by atoms with Crippen LogP contribution in [0.15, 0.2) is 30.5 Å². The number of rotatable bonds is 5. The van der Waals surface area contributed by atoms with Gasteiger partial charge in [0.05, 0.1) is 11.1 Å². The van der Waals surface area contributed by atoms with E-state index in [4.69, 9.17) is 11.6 Å². The van der Waals surface area contributed by atoms with Crippen molar-refractivity contribution in [3.05, 3.63) is 63.9 Å². The van der Waals surface area contributed by atoms with Gasteiger partial charge in [0.25, 0.3) is 5.91 Å². The summed E-state index contributed by atoms with van der Waals surface area (Å²) in [5, 5.41) is 2.59. The first kappa shape index (κ1) is 21.7. The maximum absolute atomic E-state index is 14.5. The number of nitrogens with one attached hydrogen (secondary N) is 1. The first-order chi connectivity index (χ1) is 14.7. The van der Waals surface area contributed by atoms with Crippen molar-refractivity contribution >= 4 is 23.4 Å². The second-order valence-electron chi connectivity index (χ2n) is 8.64. The van der Waals surface area contributed by atoms with Crippen molar-refractivity contribution in [1.29, 1.82) is 0 Å². The third-order valence-electron chi connectivity index (χ3n) is 5.97. The van der Waals surface area contributed by atoms with Gasteiger partial charge < -0.3 is 10.2 Å². The summed E-state index contributed by atoms with van der Waals surface area (Å²) in [6, 6.07) is 4.13. The second kappa shape index (κ2) is 8.54. The summed E-state index contributed by atoms with van der Waals surface area (Å²) in [4.78, 5) is 32.0. The fourth-order valence-corrected chi connectivity index (χ4v) is 4.37. The van der Waals surface area contributed by atoms with E-state index < -0.39 is 23.7 Å². The topological polar surface area (TPSA) is 62.3 Å². The summed E-state index contributed by atoms with van der Waals surface area (Å²) in [6.45, 7) is 4.28. The van der Waals surface area contributed by atoms with E-state index in [0.717, 1.165) is 30.5 Å². The Morgan fingerprint density at radius 2 is 1.97 bits per heavy atom. The highest BCUT2D eigenvalue weighted by Crippen LogP contribution is 2.42. The lowest BCUT2D eigenvalue weighted by atomic mass is 10.00. The summed E-state index contributed by atoms with van der Waals surface area (Å²) in [7, 11) is 0. The molecule has 0 spiro atoms. The van der Waals surface area contributed by atoms with Gasteiger partial charge in [0, 0.05) is 18.3 Å². The van der Waals surface area contributed by atoms with Crippen LogP contribution in [0.1, 0.15) is 53.8 Å². The molecule has 4 rings (SSSR count). The fraction of sp³-hybridized carbons (Fsp3) is 0.435. The number of aromatic nitrogens is 1. The Bertz CT molecular complexity index is 1030. The number of hydrogen-bond acceptors (Lipinski definition) is 3. The van der Waals surface area contributed by atoms with Crippen molar-refractivity contribution in [1.82, 2.24) is 15.2 Å². The number of pyridine rings is 1. The molecule has 0 radical (unpaired) electrons. The van der Waals surface area contributed by atoms with Crippen molar-refractivity contribution in [3.63, 3.8) is 0 Å². The van der Waals surface area contributed by atoms with Gasteiger partial charge in [-0.2, -0.15) is 0 Å². The number of amides is 2. The van der Waals surface area contributed by atoms with Crippen LogP contribution >= 0.6 is 11.6 Å². The molecule has 2 aromatic rings. The van der Waals surface area contributed by atoms with Gasteiger partial charge in [-0.3, -0.25) is 14.6 Å². The molecule has 2 amide bonds. The largest absolute Gasteiger partial charge is 0.347 e. The zero-order valence-corrected chi connectivity index (χ0v) is 18.1. The number of aryl methyl sites for hydroxylation is 1. The van der Waals surface area contributed by atoms with Crippen LogP contribution in [0.5, 0.6) is 0 Å². The molecule has 5 nitrogen and oxygen atoms in total. The van der Waals surface area contributed by atoms with Gasteiger partial charge in [-0.1, -0.05) is 18.5 Å². The minimum Gasteiger partial charge on any atom is -0.347 e. The van der Waals surface area contributed by atoms with Crippen LogP contribution in [-0.4, -0.2) is 34.3 Å². The van der Waals surface area contributed by atoms with E-state index in [-0.39, 0.29) is 39.9 Å². The molecule has 1 N–H and O–H groups in total. The van der Waals surface area contributed by atoms with Gasteiger partial charge in [0.15, 0.2) is 0 Å². The lowest BCUT2D eigenvalue weighted by Gasteiger charge is -2.27. The SMILES string of the molecule is Cc1ccnc(C(=O)N2C[C@H](C)C[C@@H]2C(=O)N[C@@H](c2cc(F)c(Cl)cc2F)C2CC2)c1. The van der Waals surface area contributed by atoms with Crippen LogP contribution < -0.4 is 5.32 Å². The molecule has 1 aliphatic carbocycles. The van der Waals surface area contributed by atoms with E-state index in [9.17, 15) is 18.4 Å². The highest BCUT2D eigenvalue weighted by molar-refractivity contribution is 6.30. The number of carbonyl (C=O) groups is 2. The second-order valence-corrected chi connectivity index (χ2v) is 9.05. The van der Waals surface area contributed by atoms with Gasteiger partial charge in [0.2, 0.25) is 5.91 Å². The molecule has 1 saturated heterocycles. The summed E-state index contributed by atoms with van der Waals surface area (Å²) in [5.74, 6) is -1.89. The summed E-state index contributed by atoms with van der Waals surface area (Å²) in [6.07, 6.45) is 3.69. The molecule has 1 saturated carbocycles. The van der Waals surface area contributed by atoms with Crippen LogP contribution in [0, 0.1) is 30.4 Å². The van der Waals surface area contributed by atoms with Crippen LogP contribution in [0.4, 0.5) is 8.78 Å². The Labute approximate surface area is 184 Å². The molecule has 0 unspecified atom stereocenters. The molecule has 2 aliphatic rings. The molecule has 2 fully saturated rings. The average molecular weight is 448 g/mol. The number of carbonyl (C=O) groups excluding carboxylic acids is 2. The molecular formula is C23H24ClF2N3O2. The standard InChI is InChI=1S/C23H24ClF2N3O2/c1-12-5-6-27-19(7-12)23(31)29-11-13(2)8-20(29)22(30)28-21(14-3-4-14)15-9-18(26)16(24)10-17(15)25/h5-7,9-10,13-14,20-21H,3-4,8,11H2,1-2H3,(H,28,30)/t13-,20-,21-/m1/s1. The number of likely N-dealkylation sites (tertiary alicyclic amines) is 1. The number of benzene rings is 1. The summed E-state index contributed by atoms with van der Waals surface area (Å²) >= 11 is 5.68. The number of hydrogen-bond donors (Lipinski definition) is 1. The van der Waals surface area contributed by atoms with Crippen LogP contribution in [0.2, 0.25) is 5.02 Å². The van der Waals surface area contributed by atoms with Crippen LogP contribution in [-0.2, 0) is 4.79 Å². The predicted octanol–water partition coefficient (Wildman–Crippen LogP) is 4.44. The minimum absolute atomic E-state index is 0.0282. The van der Waals surface area contributed by atoms with Crippen molar-refractivity contribution in [2.45, 2.75) is 45.2 Å². The highest BCUT2D eigenvalue weighted by Gasteiger charge is 2.42. The highest BCUT2D eigenvalue weighted by atomic mass is 35.5. The Hall–Kier alpha value is -2.54. The zero-order chi connectivity index (χ0) is 22.3. The van der Waals surface area contributed by atoms with Crippen LogP contribution in [0.25, 0.3) is 0 Å². The lowest BCUT2D eigenvalue weighted by Crippen LogP contribution is -2.47. The van der Waals surface area contributed by atoms with Gasteiger partial charge in [-0.25, -0.2) is 8.78 Å². The Kier molecular flexibility index (Phi) is 5.97. The molecule has 1 aliphatic heterocycles. The van der Waals surface area contributed by atoms with Crippen LogP contribution in [0.3, 0.4) is 0 Å².